The Labute approximate surface area is 99.4 Å². The third-order valence-corrected chi connectivity index (χ3v) is 3.19. The van der Waals surface area contributed by atoms with Crippen molar-refractivity contribution in [2.45, 2.75) is 37.8 Å². The van der Waals surface area contributed by atoms with Crippen LogP contribution in [-0.4, -0.2) is 16.1 Å². The molecule has 1 fully saturated rings. The summed E-state index contributed by atoms with van der Waals surface area (Å²) in [5, 5.41) is 9.90. The van der Waals surface area contributed by atoms with E-state index in [2.05, 4.69) is 4.98 Å². The highest BCUT2D eigenvalue weighted by atomic mass is 16.3. The molecule has 90 valence electrons. The van der Waals surface area contributed by atoms with E-state index in [1.807, 2.05) is 18.2 Å². The molecular weight excluding hydrogens is 216 g/mol. The molecule has 1 aliphatic carbocycles. The Morgan fingerprint density at radius 1 is 1.47 bits per heavy atom. The van der Waals surface area contributed by atoms with Crippen LogP contribution in [0, 0.1) is 0 Å². The van der Waals surface area contributed by atoms with Gasteiger partial charge in [0.25, 0.3) is 0 Å². The van der Waals surface area contributed by atoms with Crippen molar-refractivity contribution < 1.29 is 9.52 Å². The fourth-order valence-electron chi connectivity index (χ4n) is 1.95. The van der Waals surface area contributed by atoms with E-state index >= 15 is 0 Å². The number of oxazole rings is 1. The average molecular weight is 232 g/mol. The number of aliphatic hydroxyl groups excluding tert-OH is 1. The van der Waals surface area contributed by atoms with Crippen molar-refractivity contribution in [2.75, 3.05) is 0 Å². The van der Waals surface area contributed by atoms with Gasteiger partial charge in [0.15, 0.2) is 11.5 Å². The molecule has 3 rings (SSSR count). The summed E-state index contributed by atoms with van der Waals surface area (Å²) in [7, 11) is 0. The second-order valence-electron chi connectivity index (χ2n) is 4.86. The van der Waals surface area contributed by atoms with E-state index in [-0.39, 0.29) is 6.04 Å². The van der Waals surface area contributed by atoms with Gasteiger partial charge in [0.05, 0.1) is 6.10 Å². The van der Waals surface area contributed by atoms with Gasteiger partial charge in [-0.25, -0.2) is 4.98 Å². The lowest BCUT2D eigenvalue weighted by atomic mass is 10.0. The maximum atomic E-state index is 9.90. The second kappa shape index (κ2) is 3.82. The summed E-state index contributed by atoms with van der Waals surface area (Å²) in [6.07, 6.45) is 1.69. The fourth-order valence-corrected chi connectivity index (χ4v) is 1.95. The van der Waals surface area contributed by atoms with Crippen LogP contribution in [0.5, 0.6) is 0 Å². The van der Waals surface area contributed by atoms with Gasteiger partial charge in [-0.3, -0.25) is 0 Å². The van der Waals surface area contributed by atoms with Gasteiger partial charge in [0, 0.05) is 12.0 Å². The van der Waals surface area contributed by atoms with E-state index in [0.717, 1.165) is 22.6 Å². The number of fused-ring (bicyclic) bond motifs is 1. The van der Waals surface area contributed by atoms with Crippen LogP contribution in [0.1, 0.15) is 43.2 Å². The first-order chi connectivity index (χ1) is 8.15. The highest BCUT2D eigenvalue weighted by Crippen LogP contribution is 2.40. The van der Waals surface area contributed by atoms with E-state index in [0.29, 0.717) is 5.92 Å². The van der Waals surface area contributed by atoms with Gasteiger partial charge in [-0.15, -0.1) is 0 Å². The van der Waals surface area contributed by atoms with Crippen molar-refractivity contribution >= 4 is 11.1 Å². The lowest BCUT2D eigenvalue weighted by Crippen LogP contribution is -2.24. The monoisotopic (exact) mass is 232 g/mol. The average Bonchev–Trinajstić information content (AvgIpc) is 3.07. The molecule has 2 unspecified atom stereocenters. The number of benzene rings is 1. The minimum atomic E-state index is -0.652. The molecule has 0 amide bonds. The number of hydrogen-bond acceptors (Lipinski definition) is 4. The van der Waals surface area contributed by atoms with Gasteiger partial charge in [0.2, 0.25) is 0 Å². The summed E-state index contributed by atoms with van der Waals surface area (Å²) < 4.78 is 5.66. The van der Waals surface area contributed by atoms with Crippen LogP contribution in [0.4, 0.5) is 0 Å². The fraction of sp³-hybridized carbons (Fsp3) is 0.462. The van der Waals surface area contributed by atoms with Crippen molar-refractivity contribution in [1.29, 1.82) is 0 Å². The van der Waals surface area contributed by atoms with Crippen LogP contribution in [0.15, 0.2) is 22.6 Å². The predicted octanol–water partition coefficient (Wildman–Crippen LogP) is 2.09. The molecule has 2 aromatic rings. The van der Waals surface area contributed by atoms with Gasteiger partial charge in [-0.1, -0.05) is 6.07 Å². The lowest BCUT2D eigenvalue weighted by molar-refractivity contribution is 0.153. The third kappa shape index (κ3) is 1.94. The Morgan fingerprint density at radius 3 is 2.88 bits per heavy atom. The van der Waals surface area contributed by atoms with Crippen molar-refractivity contribution in [3.05, 3.63) is 29.7 Å². The molecule has 0 bridgehead atoms. The Hall–Kier alpha value is -1.39. The highest BCUT2D eigenvalue weighted by Gasteiger charge is 2.29. The van der Waals surface area contributed by atoms with Crippen molar-refractivity contribution in [3.63, 3.8) is 0 Å². The van der Waals surface area contributed by atoms with Crippen LogP contribution in [-0.2, 0) is 0 Å². The minimum absolute atomic E-state index is 0.290. The van der Waals surface area contributed by atoms with E-state index < -0.39 is 6.10 Å². The maximum absolute atomic E-state index is 9.90. The Bertz CT molecular complexity index is 543. The summed E-state index contributed by atoms with van der Waals surface area (Å²) in [4.78, 5) is 4.46. The van der Waals surface area contributed by atoms with Crippen molar-refractivity contribution in [2.24, 2.45) is 5.73 Å². The molecule has 1 aromatic heterocycles. The van der Waals surface area contributed by atoms with E-state index in [1.165, 1.54) is 12.8 Å². The van der Waals surface area contributed by atoms with Crippen LogP contribution in [0.3, 0.4) is 0 Å². The summed E-state index contributed by atoms with van der Waals surface area (Å²) in [5.41, 5.74) is 8.07. The summed E-state index contributed by atoms with van der Waals surface area (Å²) in [6.45, 7) is 1.79. The molecule has 17 heavy (non-hydrogen) atoms. The quantitative estimate of drug-likeness (QED) is 0.849. The van der Waals surface area contributed by atoms with Crippen LogP contribution in [0.2, 0.25) is 0 Å². The van der Waals surface area contributed by atoms with Gasteiger partial charge < -0.3 is 15.3 Å². The molecule has 4 heteroatoms. The minimum Gasteiger partial charge on any atom is -0.440 e. The number of rotatable bonds is 3. The van der Waals surface area contributed by atoms with Gasteiger partial charge in [0.1, 0.15) is 5.52 Å². The van der Waals surface area contributed by atoms with Crippen molar-refractivity contribution in [1.82, 2.24) is 4.98 Å². The molecule has 0 spiro atoms. The molecule has 0 radical (unpaired) electrons. The number of aliphatic hydroxyl groups is 1. The zero-order valence-electron chi connectivity index (χ0n) is 9.76. The van der Waals surface area contributed by atoms with Crippen LogP contribution in [0.25, 0.3) is 11.1 Å². The molecule has 2 atom stereocenters. The maximum Gasteiger partial charge on any atom is 0.198 e. The number of hydrogen-bond donors (Lipinski definition) is 2. The topological polar surface area (TPSA) is 72.3 Å². The van der Waals surface area contributed by atoms with Gasteiger partial charge in [-0.2, -0.15) is 0 Å². The molecule has 1 aliphatic rings. The summed E-state index contributed by atoms with van der Waals surface area (Å²) in [5.74, 6) is 1.33. The molecule has 0 saturated heterocycles. The van der Waals surface area contributed by atoms with Gasteiger partial charge in [-0.05, 0) is 37.5 Å². The summed E-state index contributed by atoms with van der Waals surface area (Å²) >= 11 is 0. The molecule has 1 saturated carbocycles. The van der Waals surface area contributed by atoms with Crippen molar-refractivity contribution in [3.8, 4) is 0 Å². The molecule has 1 heterocycles. The normalized spacial score (nSPS) is 19.5. The first kappa shape index (κ1) is 10.7. The predicted molar refractivity (Wildman–Crippen MR) is 64.6 cm³/mol. The van der Waals surface area contributed by atoms with E-state index in [9.17, 15) is 5.11 Å². The van der Waals surface area contributed by atoms with Gasteiger partial charge >= 0.3 is 0 Å². The number of nitrogens with zero attached hydrogens (tertiary/aromatic N) is 1. The first-order valence-corrected chi connectivity index (χ1v) is 5.99. The molecular formula is C13H16N2O2. The zero-order valence-corrected chi connectivity index (χ0v) is 9.76. The smallest absolute Gasteiger partial charge is 0.198 e. The Balaban J connectivity index is 2.00. The molecule has 4 nitrogen and oxygen atoms in total. The molecule has 0 aliphatic heterocycles. The van der Waals surface area contributed by atoms with E-state index in [1.54, 1.807) is 6.92 Å². The Kier molecular flexibility index (Phi) is 2.42. The first-order valence-electron chi connectivity index (χ1n) is 5.99. The largest absolute Gasteiger partial charge is 0.440 e. The second-order valence-corrected chi connectivity index (χ2v) is 4.86. The summed E-state index contributed by atoms with van der Waals surface area (Å²) in [6, 6.07) is 5.27. The Morgan fingerprint density at radius 2 is 2.24 bits per heavy atom. The third-order valence-electron chi connectivity index (χ3n) is 3.19. The molecule has 3 N–H and O–H groups in total. The van der Waals surface area contributed by atoms with Crippen LogP contribution < -0.4 is 5.73 Å². The SMILES string of the molecule is CC(N)C(O)c1ccc2oc(C3CC3)nc2c1. The molecule has 1 aromatic carbocycles. The number of nitrogens with two attached hydrogens (primary N) is 1. The van der Waals surface area contributed by atoms with E-state index in [4.69, 9.17) is 10.2 Å². The highest BCUT2D eigenvalue weighted by molar-refractivity contribution is 5.73. The zero-order chi connectivity index (χ0) is 12.0. The van der Waals surface area contributed by atoms with Crippen LogP contribution >= 0.6 is 0 Å². The lowest BCUT2D eigenvalue weighted by Gasteiger charge is -2.14. The standard InChI is InChI=1S/C13H16N2O2/c1-7(14)12(16)9-4-5-11-10(6-9)15-13(17-11)8-2-3-8/h4-8,12,16H,2-3,14H2,1H3. The number of aromatic nitrogens is 1.